The van der Waals surface area contributed by atoms with Crippen molar-refractivity contribution in [2.24, 2.45) is 0 Å². The first-order valence-corrected chi connectivity index (χ1v) is 9.47. The molecule has 0 aromatic heterocycles. The van der Waals surface area contributed by atoms with Crippen molar-refractivity contribution in [3.63, 3.8) is 0 Å². The lowest BCUT2D eigenvalue weighted by Gasteiger charge is -2.13. The molecule has 0 saturated heterocycles. The molecule has 2 N–H and O–H groups in total. The summed E-state index contributed by atoms with van der Waals surface area (Å²) in [4.78, 5) is 23.6. The third-order valence-corrected chi connectivity index (χ3v) is 4.34. The maximum Gasteiger partial charge on any atom is 0.228 e. The van der Waals surface area contributed by atoms with E-state index in [2.05, 4.69) is 10.6 Å². The Morgan fingerprint density at radius 1 is 0.931 bits per heavy atom. The maximum absolute atomic E-state index is 12.5. The van der Waals surface area contributed by atoms with Gasteiger partial charge in [-0.15, -0.1) is 0 Å². The predicted octanol–water partition coefficient (Wildman–Crippen LogP) is 5.58. The van der Waals surface area contributed by atoms with E-state index in [0.717, 1.165) is 11.1 Å². The van der Waals surface area contributed by atoms with Gasteiger partial charge in [0.25, 0.3) is 0 Å². The van der Waals surface area contributed by atoms with Gasteiger partial charge in [-0.3, -0.25) is 9.59 Å². The van der Waals surface area contributed by atoms with Crippen molar-refractivity contribution in [1.29, 1.82) is 0 Å². The first kappa shape index (κ1) is 20.4. The summed E-state index contributed by atoms with van der Waals surface area (Å²) in [7, 11) is 0. The molecule has 0 heterocycles. The minimum absolute atomic E-state index is 0.141. The lowest BCUT2D eigenvalue weighted by Crippen LogP contribution is -2.15. The third-order valence-electron chi connectivity index (χ3n) is 4.10. The molecule has 3 rings (SSSR count). The summed E-state index contributed by atoms with van der Waals surface area (Å²) in [5.41, 5.74) is 3.13. The average molecular weight is 409 g/mol. The molecule has 5 nitrogen and oxygen atoms in total. The van der Waals surface area contributed by atoms with Crippen LogP contribution in [0.5, 0.6) is 11.5 Å². The van der Waals surface area contributed by atoms with Gasteiger partial charge in [-0.25, -0.2) is 0 Å². The van der Waals surface area contributed by atoms with E-state index in [0.29, 0.717) is 27.9 Å². The molecule has 3 aromatic rings. The van der Waals surface area contributed by atoms with Gasteiger partial charge in [-0.1, -0.05) is 41.4 Å². The third kappa shape index (κ3) is 6.09. The van der Waals surface area contributed by atoms with Crippen LogP contribution in [0.2, 0.25) is 5.02 Å². The molecule has 0 aliphatic carbocycles. The largest absolute Gasteiger partial charge is 0.455 e. The van der Waals surface area contributed by atoms with Crippen LogP contribution < -0.4 is 15.4 Å². The number of ether oxygens (including phenoxy) is 1. The monoisotopic (exact) mass is 408 g/mol. The molecule has 0 fully saturated rings. The minimum atomic E-state index is -0.201. The van der Waals surface area contributed by atoms with Gasteiger partial charge in [-0.05, 0) is 55.0 Å². The number of benzene rings is 3. The molecular weight excluding hydrogens is 388 g/mol. The normalized spacial score (nSPS) is 10.3. The molecule has 6 heteroatoms. The highest BCUT2D eigenvalue weighted by Crippen LogP contribution is 2.32. The number of nitrogens with one attached hydrogen (secondary N) is 2. The fraction of sp³-hybridized carbons (Fsp3) is 0.130. The van der Waals surface area contributed by atoms with Crippen LogP contribution in [0.1, 0.15) is 18.1 Å². The van der Waals surface area contributed by atoms with Crippen LogP contribution in [0.3, 0.4) is 0 Å². The standard InChI is InChI=1S/C23H21ClN2O3/c1-15-3-10-20(11-4-15)29-22-12-7-18(24)14-21(22)26-23(28)13-17-5-8-19(9-6-17)25-16(2)27/h3-12,14H,13H2,1-2H3,(H,25,27)(H,26,28). The second kappa shape index (κ2) is 9.26. The zero-order chi connectivity index (χ0) is 20.8. The van der Waals surface area contributed by atoms with E-state index in [1.54, 1.807) is 42.5 Å². The highest BCUT2D eigenvalue weighted by molar-refractivity contribution is 6.31. The quantitative estimate of drug-likeness (QED) is 0.559. The van der Waals surface area contributed by atoms with Gasteiger partial charge >= 0.3 is 0 Å². The molecule has 0 unspecified atom stereocenters. The summed E-state index contributed by atoms with van der Waals surface area (Å²) in [6.07, 6.45) is 0.177. The zero-order valence-electron chi connectivity index (χ0n) is 16.2. The van der Waals surface area contributed by atoms with Crippen LogP contribution in [0.25, 0.3) is 0 Å². The number of hydrogen-bond acceptors (Lipinski definition) is 3. The number of amides is 2. The van der Waals surface area contributed by atoms with Gasteiger partial charge in [0.05, 0.1) is 12.1 Å². The highest BCUT2D eigenvalue weighted by atomic mass is 35.5. The van der Waals surface area contributed by atoms with E-state index < -0.39 is 0 Å². The molecule has 0 saturated carbocycles. The average Bonchev–Trinajstić information content (AvgIpc) is 2.67. The van der Waals surface area contributed by atoms with Gasteiger partial charge in [0.15, 0.2) is 5.75 Å². The Labute approximate surface area is 174 Å². The molecule has 0 aliphatic heterocycles. The molecular formula is C23H21ClN2O3. The smallest absolute Gasteiger partial charge is 0.228 e. The second-order valence-electron chi connectivity index (χ2n) is 6.66. The number of anilines is 2. The van der Waals surface area contributed by atoms with Gasteiger partial charge in [0.1, 0.15) is 5.75 Å². The maximum atomic E-state index is 12.5. The van der Waals surface area contributed by atoms with Gasteiger partial charge in [0.2, 0.25) is 11.8 Å². The first-order chi connectivity index (χ1) is 13.9. The number of aryl methyl sites for hydroxylation is 1. The minimum Gasteiger partial charge on any atom is -0.455 e. The number of hydrogen-bond donors (Lipinski definition) is 2. The van der Waals surface area contributed by atoms with Gasteiger partial charge in [0, 0.05) is 17.6 Å². The summed E-state index contributed by atoms with van der Waals surface area (Å²) in [5, 5.41) is 6.05. The lowest BCUT2D eigenvalue weighted by molar-refractivity contribution is -0.116. The Morgan fingerprint density at radius 2 is 1.62 bits per heavy atom. The highest BCUT2D eigenvalue weighted by Gasteiger charge is 2.11. The summed E-state index contributed by atoms with van der Waals surface area (Å²) in [5.74, 6) is 0.834. The fourth-order valence-corrected chi connectivity index (χ4v) is 2.88. The van der Waals surface area contributed by atoms with Crippen LogP contribution >= 0.6 is 11.6 Å². The van der Waals surface area contributed by atoms with Crippen molar-refractivity contribution in [2.75, 3.05) is 10.6 Å². The molecule has 0 aliphatic rings. The first-order valence-electron chi connectivity index (χ1n) is 9.09. The Kier molecular flexibility index (Phi) is 6.52. The van der Waals surface area contributed by atoms with Crippen molar-refractivity contribution in [3.05, 3.63) is 82.9 Å². The number of rotatable bonds is 6. The Bertz CT molecular complexity index is 1020. The van der Waals surface area contributed by atoms with Crippen molar-refractivity contribution in [2.45, 2.75) is 20.3 Å². The molecule has 0 atom stereocenters. The van der Waals surface area contributed by atoms with E-state index in [1.165, 1.54) is 6.92 Å². The lowest BCUT2D eigenvalue weighted by atomic mass is 10.1. The topological polar surface area (TPSA) is 67.4 Å². The van der Waals surface area contributed by atoms with Crippen molar-refractivity contribution >= 4 is 34.8 Å². The van der Waals surface area contributed by atoms with Gasteiger partial charge in [-0.2, -0.15) is 0 Å². The van der Waals surface area contributed by atoms with Crippen LogP contribution in [-0.4, -0.2) is 11.8 Å². The SMILES string of the molecule is CC(=O)Nc1ccc(CC(=O)Nc2cc(Cl)ccc2Oc2ccc(C)cc2)cc1. The Balaban J connectivity index is 1.70. The molecule has 148 valence electrons. The van der Waals surface area contributed by atoms with Crippen LogP contribution in [0, 0.1) is 6.92 Å². The summed E-state index contributed by atoms with van der Waals surface area (Å²) in [6, 6.07) is 19.8. The molecule has 0 spiro atoms. The summed E-state index contributed by atoms with van der Waals surface area (Å²) in [6.45, 7) is 3.45. The van der Waals surface area contributed by atoms with E-state index in [4.69, 9.17) is 16.3 Å². The number of carbonyl (C=O) groups excluding carboxylic acids is 2. The van der Waals surface area contributed by atoms with E-state index in [1.807, 2.05) is 31.2 Å². The van der Waals surface area contributed by atoms with E-state index in [-0.39, 0.29) is 18.2 Å². The predicted molar refractivity (Wildman–Crippen MR) is 116 cm³/mol. The summed E-state index contributed by atoms with van der Waals surface area (Å²) >= 11 is 6.10. The van der Waals surface area contributed by atoms with E-state index >= 15 is 0 Å². The van der Waals surface area contributed by atoms with Crippen LogP contribution in [-0.2, 0) is 16.0 Å². The molecule has 3 aromatic carbocycles. The second-order valence-corrected chi connectivity index (χ2v) is 7.10. The fourth-order valence-electron chi connectivity index (χ4n) is 2.71. The molecule has 0 radical (unpaired) electrons. The van der Waals surface area contributed by atoms with Crippen LogP contribution in [0.15, 0.2) is 66.7 Å². The number of carbonyl (C=O) groups is 2. The zero-order valence-corrected chi connectivity index (χ0v) is 16.9. The molecule has 29 heavy (non-hydrogen) atoms. The van der Waals surface area contributed by atoms with Crippen molar-refractivity contribution < 1.29 is 14.3 Å². The van der Waals surface area contributed by atoms with Crippen molar-refractivity contribution in [1.82, 2.24) is 0 Å². The molecule has 0 bridgehead atoms. The van der Waals surface area contributed by atoms with Gasteiger partial charge < -0.3 is 15.4 Å². The summed E-state index contributed by atoms with van der Waals surface area (Å²) < 4.78 is 5.91. The van der Waals surface area contributed by atoms with Crippen LogP contribution in [0.4, 0.5) is 11.4 Å². The van der Waals surface area contributed by atoms with E-state index in [9.17, 15) is 9.59 Å². The van der Waals surface area contributed by atoms with Crippen molar-refractivity contribution in [3.8, 4) is 11.5 Å². The Hall–Kier alpha value is -3.31. The number of halogens is 1. The Morgan fingerprint density at radius 3 is 2.28 bits per heavy atom. The molecule has 2 amide bonds.